The Morgan fingerprint density at radius 1 is 1.24 bits per heavy atom. The molecule has 0 N–H and O–H groups in total. The first kappa shape index (κ1) is 18.7. The van der Waals surface area contributed by atoms with E-state index in [1.807, 2.05) is 13.8 Å². The van der Waals surface area contributed by atoms with E-state index in [9.17, 15) is 18.0 Å². The summed E-state index contributed by atoms with van der Waals surface area (Å²) in [6.45, 7) is 5.88. The van der Waals surface area contributed by atoms with Crippen molar-refractivity contribution in [2.24, 2.45) is 12.0 Å². The maximum atomic E-state index is 12.9. The van der Waals surface area contributed by atoms with Gasteiger partial charge in [0, 0.05) is 18.7 Å². The van der Waals surface area contributed by atoms with E-state index < -0.39 is 17.3 Å². The van der Waals surface area contributed by atoms with Gasteiger partial charge >= 0.3 is 6.18 Å². The monoisotopic (exact) mass is 353 g/mol. The number of aliphatic imine (C=N–C) groups is 1. The first-order valence-corrected chi connectivity index (χ1v) is 7.56. The molecule has 0 fully saturated rings. The second-order valence-electron chi connectivity index (χ2n) is 5.51. The molecule has 0 aliphatic carbocycles. The molecule has 0 radical (unpaired) electrons. The van der Waals surface area contributed by atoms with Crippen molar-refractivity contribution in [3.05, 3.63) is 45.2 Å². The summed E-state index contributed by atoms with van der Waals surface area (Å²) < 4.78 is 44.4. The Morgan fingerprint density at radius 3 is 2.52 bits per heavy atom. The van der Waals surface area contributed by atoms with Crippen LogP contribution < -0.4 is 5.43 Å². The smallest absolute Gasteiger partial charge is 0.433 e. The van der Waals surface area contributed by atoms with Gasteiger partial charge in [0.15, 0.2) is 6.40 Å². The van der Waals surface area contributed by atoms with Gasteiger partial charge in [0.25, 0.3) is 0 Å². The minimum Gasteiger partial charge on any atom is -0.483 e. The molecule has 0 aliphatic heterocycles. The molecule has 0 unspecified atom stereocenters. The van der Waals surface area contributed by atoms with Gasteiger partial charge in [-0.2, -0.15) is 18.3 Å². The standard InChI is InChI=1S/C17H18F3N3O2/c1-5-25-9-21-13-7-12(10(2)6-11(13)3)16-14(24)8-15(17(18,19)20)23(4)22-16/h6-9H,5H2,1-4H3. The summed E-state index contributed by atoms with van der Waals surface area (Å²) in [6, 6.07) is 3.98. The van der Waals surface area contributed by atoms with E-state index >= 15 is 0 Å². The van der Waals surface area contributed by atoms with Gasteiger partial charge < -0.3 is 4.74 Å². The van der Waals surface area contributed by atoms with Gasteiger partial charge in [-0.3, -0.25) is 9.48 Å². The van der Waals surface area contributed by atoms with E-state index in [0.29, 0.717) is 28.6 Å². The van der Waals surface area contributed by atoms with Crippen molar-refractivity contribution in [3.63, 3.8) is 0 Å². The Balaban J connectivity index is 2.61. The molecule has 0 aliphatic rings. The Labute approximate surface area is 142 Å². The molecule has 1 aromatic carbocycles. The number of hydrogen-bond acceptors (Lipinski definition) is 4. The van der Waals surface area contributed by atoms with Crippen LogP contribution in [-0.4, -0.2) is 22.8 Å². The van der Waals surface area contributed by atoms with Crippen LogP contribution in [0.5, 0.6) is 0 Å². The topological polar surface area (TPSA) is 56.5 Å². The van der Waals surface area contributed by atoms with Gasteiger partial charge in [-0.25, -0.2) is 4.99 Å². The minimum atomic E-state index is -4.64. The van der Waals surface area contributed by atoms with Crippen molar-refractivity contribution >= 4 is 12.1 Å². The Kier molecular flexibility index (Phi) is 5.30. The van der Waals surface area contributed by atoms with Gasteiger partial charge in [-0.05, 0) is 38.0 Å². The SMILES string of the molecule is CCOC=Nc1cc(-c2nn(C)c(C(F)(F)F)cc2=O)c(C)cc1C. The molecule has 0 bridgehead atoms. The minimum absolute atomic E-state index is 0.0548. The number of rotatable bonds is 4. The molecule has 0 atom stereocenters. The van der Waals surface area contributed by atoms with Crippen LogP contribution in [0.2, 0.25) is 0 Å². The summed E-state index contributed by atoms with van der Waals surface area (Å²) in [5.74, 6) is 0. The average molecular weight is 353 g/mol. The van der Waals surface area contributed by atoms with Crippen molar-refractivity contribution in [1.82, 2.24) is 9.78 Å². The molecule has 0 spiro atoms. The summed E-state index contributed by atoms with van der Waals surface area (Å²) >= 11 is 0. The van der Waals surface area contributed by atoms with Crippen LogP contribution in [0.3, 0.4) is 0 Å². The summed E-state index contributed by atoms with van der Waals surface area (Å²) in [5, 5.41) is 3.84. The molecule has 25 heavy (non-hydrogen) atoms. The van der Waals surface area contributed by atoms with Crippen LogP contribution in [0, 0.1) is 13.8 Å². The van der Waals surface area contributed by atoms with Crippen molar-refractivity contribution in [1.29, 1.82) is 0 Å². The second-order valence-corrected chi connectivity index (χ2v) is 5.51. The first-order chi connectivity index (χ1) is 11.6. The van der Waals surface area contributed by atoms with Crippen molar-refractivity contribution in [2.75, 3.05) is 6.61 Å². The Morgan fingerprint density at radius 2 is 1.92 bits per heavy atom. The largest absolute Gasteiger partial charge is 0.483 e. The number of benzene rings is 1. The molecule has 0 saturated carbocycles. The van der Waals surface area contributed by atoms with Gasteiger partial charge in [0.05, 0.1) is 12.3 Å². The Hall–Kier alpha value is -2.64. The number of halogens is 3. The zero-order chi connectivity index (χ0) is 18.8. The molecular weight excluding hydrogens is 335 g/mol. The predicted molar refractivity (Wildman–Crippen MR) is 89.2 cm³/mol. The average Bonchev–Trinajstić information content (AvgIpc) is 2.50. The zero-order valence-corrected chi connectivity index (χ0v) is 14.3. The quantitative estimate of drug-likeness (QED) is 0.621. The lowest BCUT2D eigenvalue weighted by molar-refractivity contribution is -0.144. The highest BCUT2D eigenvalue weighted by atomic mass is 19.4. The number of hydrogen-bond donors (Lipinski definition) is 0. The second kappa shape index (κ2) is 7.08. The number of ether oxygens (including phenoxy) is 1. The zero-order valence-electron chi connectivity index (χ0n) is 14.3. The van der Waals surface area contributed by atoms with Crippen LogP contribution in [0.1, 0.15) is 23.7 Å². The molecule has 2 rings (SSSR count). The molecule has 1 aromatic heterocycles. The Bertz CT molecular complexity index is 871. The van der Waals surface area contributed by atoms with Crippen LogP contribution in [0.25, 0.3) is 11.3 Å². The highest BCUT2D eigenvalue weighted by molar-refractivity contribution is 5.71. The third kappa shape index (κ3) is 4.07. The van der Waals surface area contributed by atoms with Crippen molar-refractivity contribution in [3.8, 4) is 11.3 Å². The van der Waals surface area contributed by atoms with Gasteiger partial charge in [0.1, 0.15) is 11.4 Å². The molecular formula is C17H18F3N3O2. The maximum absolute atomic E-state index is 12.9. The molecule has 8 heteroatoms. The molecule has 5 nitrogen and oxygen atoms in total. The van der Waals surface area contributed by atoms with Crippen LogP contribution in [-0.2, 0) is 18.0 Å². The third-order valence-corrected chi connectivity index (χ3v) is 3.62. The van der Waals surface area contributed by atoms with Crippen LogP contribution in [0.4, 0.5) is 18.9 Å². The van der Waals surface area contributed by atoms with E-state index in [-0.39, 0.29) is 5.69 Å². The van der Waals surface area contributed by atoms with E-state index in [1.165, 1.54) is 6.40 Å². The summed E-state index contributed by atoms with van der Waals surface area (Å²) in [7, 11) is 1.16. The predicted octanol–water partition coefficient (Wildman–Crippen LogP) is 3.78. The first-order valence-electron chi connectivity index (χ1n) is 7.56. The lowest BCUT2D eigenvalue weighted by Gasteiger charge is -2.14. The maximum Gasteiger partial charge on any atom is 0.433 e. The normalized spacial score (nSPS) is 12.0. The van der Waals surface area contributed by atoms with E-state index in [2.05, 4.69) is 10.1 Å². The fraction of sp³-hybridized carbons (Fsp3) is 0.353. The van der Waals surface area contributed by atoms with E-state index in [4.69, 9.17) is 4.74 Å². The molecule has 0 amide bonds. The molecule has 1 heterocycles. The summed E-state index contributed by atoms with van der Waals surface area (Å²) in [4.78, 5) is 16.4. The lowest BCUT2D eigenvalue weighted by Crippen LogP contribution is -2.22. The third-order valence-electron chi connectivity index (χ3n) is 3.62. The lowest BCUT2D eigenvalue weighted by atomic mass is 10.0. The molecule has 0 saturated heterocycles. The van der Waals surface area contributed by atoms with Gasteiger partial charge in [-0.15, -0.1) is 0 Å². The number of alkyl halides is 3. The van der Waals surface area contributed by atoms with Gasteiger partial charge in [-0.1, -0.05) is 6.07 Å². The number of nitrogens with zero attached hydrogens (tertiary/aromatic N) is 3. The summed E-state index contributed by atoms with van der Waals surface area (Å²) in [6.07, 6.45) is -3.35. The fourth-order valence-corrected chi connectivity index (χ4v) is 2.39. The molecule has 134 valence electrons. The van der Waals surface area contributed by atoms with Gasteiger partial charge in [0.2, 0.25) is 5.43 Å². The van der Waals surface area contributed by atoms with Crippen molar-refractivity contribution < 1.29 is 17.9 Å². The van der Waals surface area contributed by atoms with Crippen LogP contribution >= 0.6 is 0 Å². The molecule has 2 aromatic rings. The van der Waals surface area contributed by atoms with Crippen molar-refractivity contribution in [2.45, 2.75) is 26.9 Å². The highest BCUT2D eigenvalue weighted by Gasteiger charge is 2.34. The number of aromatic nitrogens is 2. The fourth-order valence-electron chi connectivity index (χ4n) is 2.39. The number of aryl methyl sites for hydroxylation is 3. The van der Waals surface area contributed by atoms with E-state index in [0.717, 1.165) is 18.2 Å². The van der Waals surface area contributed by atoms with E-state index in [1.54, 1.807) is 19.1 Å². The highest BCUT2D eigenvalue weighted by Crippen LogP contribution is 2.30. The summed E-state index contributed by atoms with van der Waals surface area (Å²) in [5.41, 5.74) is 0.609. The van der Waals surface area contributed by atoms with Crippen LogP contribution in [0.15, 0.2) is 28.0 Å².